The van der Waals surface area contributed by atoms with Crippen LogP contribution >= 0.6 is 0 Å². The van der Waals surface area contributed by atoms with Gasteiger partial charge < -0.3 is 4.74 Å². The second-order valence-electron chi connectivity index (χ2n) is 4.96. The molecule has 17 heavy (non-hydrogen) atoms. The van der Waals surface area contributed by atoms with Crippen molar-refractivity contribution >= 4 is 0 Å². The molecule has 3 nitrogen and oxygen atoms in total. The molecular formula is C14H19NO2. The first-order valence-electron chi connectivity index (χ1n) is 6.36. The van der Waals surface area contributed by atoms with Crippen molar-refractivity contribution < 1.29 is 9.57 Å². The summed E-state index contributed by atoms with van der Waals surface area (Å²) in [7, 11) is 1.73. The van der Waals surface area contributed by atoms with E-state index in [9.17, 15) is 0 Å². The first-order valence-corrected chi connectivity index (χ1v) is 6.36. The third-order valence-corrected chi connectivity index (χ3v) is 3.90. The highest BCUT2D eigenvalue weighted by Crippen LogP contribution is 2.42. The minimum Gasteiger partial charge on any atom is -0.496 e. The number of hydrogen-bond acceptors (Lipinski definition) is 3. The van der Waals surface area contributed by atoms with Crippen LogP contribution in [0.4, 0.5) is 0 Å². The SMILES string of the molecule is COc1cccc(C)c1[C@H]1C[C@@H]2CCCN2O1. The molecule has 0 aromatic heterocycles. The number of nitrogens with zero attached hydrogens (tertiary/aromatic N) is 1. The van der Waals surface area contributed by atoms with Crippen molar-refractivity contribution in [3.05, 3.63) is 29.3 Å². The number of hydrogen-bond donors (Lipinski definition) is 0. The molecule has 1 aromatic carbocycles. The van der Waals surface area contributed by atoms with E-state index in [1.807, 2.05) is 12.1 Å². The molecule has 0 spiro atoms. The van der Waals surface area contributed by atoms with Crippen molar-refractivity contribution in [2.75, 3.05) is 13.7 Å². The van der Waals surface area contributed by atoms with Crippen LogP contribution in [0.3, 0.4) is 0 Å². The van der Waals surface area contributed by atoms with Crippen molar-refractivity contribution in [3.63, 3.8) is 0 Å². The van der Waals surface area contributed by atoms with E-state index in [-0.39, 0.29) is 6.10 Å². The van der Waals surface area contributed by atoms with Gasteiger partial charge in [0.2, 0.25) is 0 Å². The van der Waals surface area contributed by atoms with Crippen LogP contribution in [-0.2, 0) is 4.84 Å². The molecule has 92 valence electrons. The lowest BCUT2D eigenvalue weighted by Gasteiger charge is -2.18. The molecule has 0 radical (unpaired) electrons. The Labute approximate surface area is 102 Å². The predicted octanol–water partition coefficient (Wildman–Crippen LogP) is 2.84. The lowest BCUT2D eigenvalue weighted by molar-refractivity contribution is -0.149. The van der Waals surface area contributed by atoms with E-state index >= 15 is 0 Å². The molecule has 2 aliphatic rings. The van der Waals surface area contributed by atoms with Crippen molar-refractivity contribution in [2.45, 2.75) is 38.3 Å². The Morgan fingerprint density at radius 3 is 3.06 bits per heavy atom. The number of hydroxylamine groups is 2. The molecule has 0 unspecified atom stereocenters. The molecule has 2 aliphatic heterocycles. The molecule has 2 saturated heterocycles. The molecule has 1 aromatic rings. The summed E-state index contributed by atoms with van der Waals surface area (Å²) in [6, 6.07) is 6.80. The average molecular weight is 233 g/mol. The highest BCUT2D eigenvalue weighted by molar-refractivity contribution is 5.41. The Morgan fingerprint density at radius 2 is 2.29 bits per heavy atom. The van der Waals surface area contributed by atoms with Crippen LogP contribution in [0.25, 0.3) is 0 Å². The highest BCUT2D eigenvalue weighted by atomic mass is 16.7. The van der Waals surface area contributed by atoms with Gasteiger partial charge in [-0.25, -0.2) is 0 Å². The Morgan fingerprint density at radius 1 is 1.41 bits per heavy atom. The van der Waals surface area contributed by atoms with Crippen molar-refractivity contribution in [3.8, 4) is 5.75 Å². The summed E-state index contributed by atoms with van der Waals surface area (Å²) >= 11 is 0. The Kier molecular flexibility index (Phi) is 2.81. The van der Waals surface area contributed by atoms with Crippen LogP contribution < -0.4 is 4.74 Å². The van der Waals surface area contributed by atoms with Crippen LogP contribution in [-0.4, -0.2) is 24.8 Å². The van der Waals surface area contributed by atoms with Crippen LogP contribution in [0.2, 0.25) is 0 Å². The van der Waals surface area contributed by atoms with Gasteiger partial charge in [-0.15, -0.1) is 0 Å². The first-order chi connectivity index (χ1) is 8.29. The maximum absolute atomic E-state index is 6.05. The van der Waals surface area contributed by atoms with Gasteiger partial charge in [0.05, 0.1) is 7.11 Å². The van der Waals surface area contributed by atoms with Gasteiger partial charge in [0, 0.05) is 18.2 Å². The van der Waals surface area contributed by atoms with E-state index in [4.69, 9.17) is 9.57 Å². The summed E-state index contributed by atoms with van der Waals surface area (Å²) < 4.78 is 5.46. The van der Waals surface area contributed by atoms with Gasteiger partial charge in [-0.2, -0.15) is 5.06 Å². The third-order valence-electron chi connectivity index (χ3n) is 3.90. The summed E-state index contributed by atoms with van der Waals surface area (Å²) in [5, 5.41) is 2.16. The summed E-state index contributed by atoms with van der Waals surface area (Å²) in [4.78, 5) is 6.05. The van der Waals surface area contributed by atoms with Crippen LogP contribution in [0, 0.1) is 6.92 Å². The first kappa shape index (κ1) is 11.1. The Hall–Kier alpha value is -1.06. The number of methoxy groups -OCH3 is 1. The molecule has 0 amide bonds. The van der Waals surface area contributed by atoms with Gasteiger partial charge in [-0.3, -0.25) is 4.84 Å². The van der Waals surface area contributed by atoms with Gasteiger partial charge in [0.25, 0.3) is 0 Å². The molecule has 2 heterocycles. The molecule has 0 N–H and O–H groups in total. The maximum Gasteiger partial charge on any atom is 0.125 e. The Balaban J connectivity index is 1.90. The quantitative estimate of drug-likeness (QED) is 0.784. The fourth-order valence-corrected chi connectivity index (χ4v) is 3.05. The largest absolute Gasteiger partial charge is 0.496 e. The number of ether oxygens (including phenoxy) is 1. The standard InChI is InChI=1S/C14H19NO2/c1-10-5-3-7-12(16-2)14(10)13-9-11-6-4-8-15(11)17-13/h3,5,7,11,13H,4,6,8-9H2,1-2H3/t11-,13+/m0/s1. The number of fused-ring (bicyclic) bond motifs is 1. The van der Waals surface area contributed by atoms with Gasteiger partial charge in [0.1, 0.15) is 11.9 Å². The summed E-state index contributed by atoms with van der Waals surface area (Å²) in [5.74, 6) is 0.955. The molecular weight excluding hydrogens is 214 g/mol. The van der Waals surface area contributed by atoms with E-state index in [1.165, 1.54) is 24.0 Å². The zero-order valence-electron chi connectivity index (χ0n) is 10.5. The lowest BCUT2D eigenvalue weighted by atomic mass is 9.97. The van der Waals surface area contributed by atoms with E-state index < -0.39 is 0 Å². The van der Waals surface area contributed by atoms with Gasteiger partial charge in [0.15, 0.2) is 0 Å². The van der Waals surface area contributed by atoms with Crippen molar-refractivity contribution in [1.29, 1.82) is 0 Å². The smallest absolute Gasteiger partial charge is 0.125 e. The minimum atomic E-state index is 0.177. The lowest BCUT2D eigenvalue weighted by Crippen LogP contribution is -2.20. The molecule has 2 fully saturated rings. The maximum atomic E-state index is 6.05. The fraction of sp³-hybridized carbons (Fsp3) is 0.571. The van der Waals surface area contributed by atoms with Crippen LogP contribution in [0.1, 0.15) is 36.5 Å². The highest BCUT2D eigenvalue weighted by Gasteiger charge is 2.38. The van der Waals surface area contributed by atoms with Crippen molar-refractivity contribution in [1.82, 2.24) is 5.06 Å². The van der Waals surface area contributed by atoms with Gasteiger partial charge in [-0.1, -0.05) is 12.1 Å². The minimum absolute atomic E-state index is 0.177. The second-order valence-corrected chi connectivity index (χ2v) is 4.96. The Bertz CT molecular complexity index is 407. The second kappa shape index (κ2) is 4.31. The van der Waals surface area contributed by atoms with Crippen LogP contribution in [0.5, 0.6) is 5.75 Å². The summed E-state index contributed by atoms with van der Waals surface area (Å²) in [6.45, 7) is 3.21. The van der Waals surface area contributed by atoms with Gasteiger partial charge >= 0.3 is 0 Å². The zero-order valence-corrected chi connectivity index (χ0v) is 10.5. The summed E-state index contributed by atoms with van der Waals surface area (Å²) in [5.41, 5.74) is 2.49. The molecule has 0 saturated carbocycles. The van der Waals surface area contributed by atoms with Crippen molar-refractivity contribution in [2.24, 2.45) is 0 Å². The summed E-state index contributed by atoms with van der Waals surface area (Å²) in [6.07, 6.45) is 3.81. The predicted molar refractivity (Wildman–Crippen MR) is 65.9 cm³/mol. The molecule has 3 rings (SSSR count). The third kappa shape index (κ3) is 1.83. The fourth-order valence-electron chi connectivity index (χ4n) is 3.05. The van der Waals surface area contributed by atoms with E-state index in [0.717, 1.165) is 18.7 Å². The molecule has 0 aliphatic carbocycles. The van der Waals surface area contributed by atoms with E-state index in [2.05, 4.69) is 18.1 Å². The van der Waals surface area contributed by atoms with Gasteiger partial charge in [-0.05, 0) is 37.8 Å². The number of aryl methyl sites for hydroxylation is 1. The van der Waals surface area contributed by atoms with Crippen LogP contribution in [0.15, 0.2) is 18.2 Å². The monoisotopic (exact) mass is 233 g/mol. The molecule has 0 bridgehead atoms. The number of rotatable bonds is 2. The molecule has 3 heteroatoms. The zero-order chi connectivity index (χ0) is 11.8. The normalized spacial score (nSPS) is 28.4. The number of benzene rings is 1. The van der Waals surface area contributed by atoms with E-state index in [0.29, 0.717) is 6.04 Å². The molecule has 2 atom stereocenters. The van der Waals surface area contributed by atoms with E-state index in [1.54, 1.807) is 7.11 Å². The topological polar surface area (TPSA) is 21.7 Å². The average Bonchev–Trinajstić information content (AvgIpc) is 2.88.